The van der Waals surface area contributed by atoms with Gasteiger partial charge in [0.1, 0.15) is 4.32 Å². The number of aryl methyl sites for hydroxylation is 2. The summed E-state index contributed by atoms with van der Waals surface area (Å²) in [7, 11) is 0. The maximum atomic E-state index is 12.2. The Hall–Kier alpha value is -2.12. The van der Waals surface area contributed by atoms with E-state index in [2.05, 4.69) is 35.9 Å². The SMILES string of the molecule is Cc1ccc(C)n1-c1ccc(NC(=O)CCCCCN2C(=O)CSC2=S)cc1. The second-order valence-electron chi connectivity index (χ2n) is 6.96. The highest BCUT2D eigenvalue weighted by Gasteiger charge is 2.25. The lowest BCUT2D eigenvalue weighted by atomic mass is 10.1. The molecule has 1 aromatic carbocycles. The number of anilines is 1. The van der Waals surface area contributed by atoms with Gasteiger partial charge in [-0.3, -0.25) is 14.5 Å². The zero-order valence-corrected chi connectivity index (χ0v) is 17.9. The highest BCUT2D eigenvalue weighted by molar-refractivity contribution is 8.23. The predicted octanol–water partition coefficient (Wildman–Crippen LogP) is 4.45. The van der Waals surface area contributed by atoms with Crippen LogP contribution in [-0.2, 0) is 9.59 Å². The molecule has 0 saturated carbocycles. The van der Waals surface area contributed by atoms with Crippen LogP contribution in [0.2, 0.25) is 0 Å². The number of nitrogens with one attached hydrogen (secondary N) is 1. The monoisotopic (exact) mass is 415 g/mol. The van der Waals surface area contributed by atoms with Crippen LogP contribution >= 0.6 is 24.0 Å². The first kappa shape index (κ1) is 20.6. The van der Waals surface area contributed by atoms with Crippen molar-refractivity contribution in [3.63, 3.8) is 0 Å². The molecule has 0 radical (unpaired) electrons. The zero-order chi connectivity index (χ0) is 20.1. The number of hydrogen-bond donors (Lipinski definition) is 1. The second kappa shape index (κ2) is 9.39. The lowest BCUT2D eigenvalue weighted by molar-refractivity contribution is -0.124. The van der Waals surface area contributed by atoms with Crippen molar-refractivity contribution in [3.8, 4) is 5.69 Å². The number of hydrogen-bond acceptors (Lipinski definition) is 4. The molecule has 1 fully saturated rings. The number of unbranched alkanes of at least 4 members (excludes halogenated alkanes) is 2. The van der Waals surface area contributed by atoms with Crippen molar-refractivity contribution in [3.05, 3.63) is 47.8 Å². The average molecular weight is 416 g/mol. The summed E-state index contributed by atoms with van der Waals surface area (Å²) >= 11 is 6.59. The molecule has 3 rings (SSSR count). The number of nitrogens with zero attached hydrogens (tertiary/aromatic N) is 2. The van der Waals surface area contributed by atoms with Gasteiger partial charge in [-0.15, -0.1) is 0 Å². The molecule has 7 heteroatoms. The summed E-state index contributed by atoms with van der Waals surface area (Å²) in [5.41, 5.74) is 4.26. The van der Waals surface area contributed by atoms with E-state index in [1.807, 2.05) is 24.3 Å². The topological polar surface area (TPSA) is 54.3 Å². The first-order chi connectivity index (χ1) is 13.5. The van der Waals surface area contributed by atoms with Crippen LogP contribution in [0.15, 0.2) is 36.4 Å². The fourth-order valence-corrected chi connectivity index (χ4v) is 4.44. The standard InChI is InChI=1S/C21H25N3O2S2/c1-15-7-8-16(2)24(15)18-11-9-17(10-12-18)22-19(25)6-4-3-5-13-23-20(26)14-28-21(23)27/h7-12H,3-6,13-14H2,1-2H3,(H,22,25). The third-order valence-electron chi connectivity index (χ3n) is 4.81. The van der Waals surface area contributed by atoms with Crippen LogP contribution in [0, 0.1) is 13.8 Å². The average Bonchev–Trinajstić information content (AvgIpc) is 3.17. The fraction of sp³-hybridized carbons (Fsp3) is 0.381. The van der Waals surface area contributed by atoms with Crippen LogP contribution in [0.4, 0.5) is 5.69 Å². The van der Waals surface area contributed by atoms with Gasteiger partial charge in [-0.1, -0.05) is 30.4 Å². The maximum Gasteiger partial charge on any atom is 0.238 e. The van der Waals surface area contributed by atoms with Crippen LogP contribution in [0.5, 0.6) is 0 Å². The third-order valence-corrected chi connectivity index (χ3v) is 6.24. The van der Waals surface area contributed by atoms with E-state index in [4.69, 9.17) is 12.2 Å². The molecule has 1 N–H and O–H groups in total. The highest BCUT2D eigenvalue weighted by Crippen LogP contribution is 2.20. The fourth-order valence-electron chi connectivity index (χ4n) is 3.32. The number of thiocarbonyl (C=S) groups is 1. The predicted molar refractivity (Wildman–Crippen MR) is 119 cm³/mol. The Morgan fingerprint density at radius 3 is 2.36 bits per heavy atom. The van der Waals surface area contributed by atoms with Gasteiger partial charge < -0.3 is 9.88 Å². The molecule has 0 spiro atoms. The molecule has 148 valence electrons. The van der Waals surface area contributed by atoms with Crippen LogP contribution in [0.1, 0.15) is 37.1 Å². The number of aromatic nitrogens is 1. The van der Waals surface area contributed by atoms with Crippen LogP contribution in [-0.4, -0.2) is 37.9 Å². The van der Waals surface area contributed by atoms with Crippen molar-refractivity contribution in [2.45, 2.75) is 39.5 Å². The van der Waals surface area contributed by atoms with Gasteiger partial charge in [0, 0.05) is 35.7 Å². The lowest BCUT2D eigenvalue weighted by Crippen LogP contribution is -2.29. The van der Waals surface area contributed by atoms with E-state index in [1.165, 1.54) is 23.1 Å². The Balaban J connectivity index is 1.40. The van der Waals surface area contributed by atoms with Gasteiger partial charge in [0.25, 0.3) is 0 Å². The number of benzene rings is 1. The van der Waals surface area contributed by atoms with E-state index >= 15 is 0 Å². The van der Waals surface area contributed by atoms with Crippen LogP contribution in [0.25, 0.3) is 5.69 Å². The van der Waals surface area contributed by atoms with Crippen molar-refractivity contribution in [2.75, 3.05) is 17.6 Å². The van der Waals surface area contributed by atoms with E-state index in [0.29, 0.717) is 23.0 Å². The van der Waals surface area contributed by atoms with Crippen molar-refractivity contribution >= 4 is 45.8 Å². The number of thioether (sulfide) groups is 1. The summed E-state index contributed by atoms with van der Waals surface area (Å²) in [6.07, 6.45) is 3.04. The minimum absolute atomic E-state index is 0.0180. The molecule has 28 heavy (non-hydrogen) atoms. The van der Waals surface area contributed by atoms with E-state index in [-0.39, 0.29) is 11.8 Å². The summed E-state index contributed by atoms with van der Waals surface area (Å²) in [6.45, 7) is 4.81. The number of carbonyl (C=O) groups is 2. The molecule has 5 nitrogen and oxygen atoms in total. The van der Waals surface area contributed by atoms with Gasteiger partial charge >= 0.3 is 0 Å². The van der Waals surface area contributed by atoms with Gasteiger partial charge in [0.15, 0.2) is 0 Å². The lowest BCUT2D eigenvalue weighted by Gasteiger charge is -2.14. The van der Waals surface area contributed by atoms with Crippen molar-refractivity contribution in [1.29, 1.82) is 0 Å². The van der Waals surface area contributed by atoms with E-state index in [1.54, 1.807) is 4.90 Å². The minimum Gasteiger partial charge on any atom is -0.326 e. The maximum absolute atomic E-state index is 12.2. The summed E-state index contributed by atoms with van der Waals surface area (Å²) in [5.74, 6) is 0.578. The van der Waals surface area contributed by atoms with Crippen molar-refractivity contribution < 1.29 is 9.59 Å². The Bertz CT molecular complexity index is 839. The van der Waals surface area contributed by atoms with Gasteiger partial charge in [0.05, 0.1) is 5.75 Å². The van der Waals surface area contributed by atoms with Crippen molar-refractivity contribution in [1.82, 2.24) is 9.47 Å². The van der Waals surface area contributed by atoms with Crippen LogP contribution < -0.4 is 5.32 Å². The third kappa shape index (κ3) is 5.02. The molecule has 1 aliphatic heterocycles. The molecule has 1 saturated heterocycles. The van der Waals surface area contributed by atoms with Gasteiger partial charge in [-0.25, -0.2) is 0 Å². The first-order valence-corrected chi connectivity index (χ1v) is 10.9. The Morgan fingerprint density at radius 2 is 1.75 bits per heavy atom. The van der Waals surface area contributed by atoms with E-state index in [0.717, 1.165) is 30.6 Å². The summed E-state index contributed by atoms with van der Waals surface area (Å²) in [6, 6.07) is 12.1. The summed E-state index contributed by atoms with van der Waals surface area (Å²) < 4.78 is 2.86. The molecule has 2 aromatic rings. The largest absolute Gasteiger partial charge is 0.326 e. The van der Waals surface area contributed by atoms with Gasteiger partial charge in [0.2, 0.25) is 11.8 Å². The summed E-state index contributed by atoms with van der Waals surface area (Å²) in [5, 5.41) is 2.95. The molecular weight excluding hydrogens is 390 g/mol. The zero-order valence-electron chi connectivity index (χ0n) is 16.2. The molecular formula is C21H25N3O2S2. The molecule has 0 atom stereocenters. The molecule has 2 amide bonds. The second-order valence-corrected chi connectivity index (χ2v) is 8.57. The molecule has 2 heterocycles. The number of amides is 2. The van der Waals surface area contributed by atoms with Gasteiger partial charge in [-0.05, 0) is 63.1 Å². The summed E-state index contributed by atoms with van der Waals surface area (Å²) in [4.78, 5) is 25.5. The molecule has 1 aromatic heterocycles. The van der Waals surface area contributed by atoms with Crippen molar-refractivity contribution in [2.24, 2.45) is 0 Å². The Kier molecular flexibility index (Phi) is 6.91. The molecule has 0 aliphatic carbocycles. The smallest absolute Gasteiger partial charge is 0.238 e. The highest BCUT2D eigenvalue weighted by atomic mass is 32.2. The molecule has 0 unspecified atom stereocenters. The minimum atomic E-state index is 0.0180. The Labute approximate surface area is 175 Å². The number of rotatable bonds is 8. The molecule has 1 aliphatic rings. The molecule has 0 bridgehead atoms. The van der Waals surface area contributed by atoms with E-state index < -0.39 is 0 Å². The first-order valence-electron chi connectivity index (χ1n) is 9.48. The Morgan fingerprint density at radius 1 is 1.07 bits per heavy atom. The normalized spacial score (nSPS) is 14.0. The number of carbonyl (C=O) groups excluding carboxylic acids is 2. The van der Waals surface area contributed by atoms with Crippen LogP contribution in [0.3, 0.4) is 0 Å². The quantitative estimate of drug-likeness (QED) is 0.511. The van der Waals surface area contributed by atoms with Gasteiger partial charge in [-0.2, -0.15) is 0 Å². The van der Waals surface area contributed by atoms with E-state index in [9.17, 15) is 9.59 Å².